The summed E-state index contributed by atoms with van der Waals surface area (Å²) in [6.45, 7) is 0.704. The molecule has 19 heavy (non-hydrogen) atoms. The molecule has 1 aliphatic rings. The topological polar surface area (TPSA) is 20.3 Å². The highest BCUT2D eigenvalue weighted by molar-refractivity contribution is 7.10. The van der Waals surface area contributed by atoms with Crippen molar-refractivity contribution in [2.75, 3.05) is 6.54 Å². The molecule has 1 fully saturated rings. The van der Waals surface area contributed by atoms with E-state index in [1.165, 1.54) is 10.9 Å². The van der Waals surface area contributed by atoms with Crippen molar-refractivity contribution in [1.29, 1.82) is 0 Å². The first kappa shape index (κ1) is 12.4. The lowest BCUT2D eigenvalue weighted by Gasteiger charge is -2.24. The van der Waals surface area contributed by atoms with E-state index in [0.717, 1.165) is 12.8 Å². The monoisotopic (exact) mass is 275 g/mol. The fraction of sp³-hybridized carbons (Fsp3) is 0.267. The number of hydrogen-bond donors (Lipinski definition) is 0. The summed E-state index contributed by atoms with van der Waals surface area (Å²) in [5, 5.41) is 2.01. The van der Waals surface area contributed by atoms with Gasteiger partial charge >= 0.3 is 0 Å². The first-order valence-corrected chi connectivity index (χ1v) is 7.24. The summed E-state index contributed by atoms with van der Waals surface area (Å²) < 4.78 is 13.7. The van der Waals surface area contributed by atoms with Crippen molar-refractivity contribution in [3.63, 3.8) is 0 Å². The number of hydrogen-bond acceptors (Lipinski definition) is 2. The maximum absolute atomic E-state index is 13.7. The van der Waals surface area contributed by atoms with Crippen LogP contribution in [0.1, 0.15) is 34.1 Å². The molecule has 0 bridgehead atoms. The minimum atomic E-state index is -0.440. The number of halogens is 1. The van der Waals surface area contributed by atoms with Crippen LogP contribution in [0.2, 0.25) is 0 Å². The van der Waals surface area contributed by atoms with Gasteiger partial charge in [-0.05, 0) is 36.4 Å². The highest BCUT2D eigenvalue weighted by atomic mass is 32.1. The normalized spacial score (nSPS) is 18.8. The second kappa shape index (κ2) is 5.13. The highest BCUT2D eigenvalue weighted by Gasteiger charge is 2.32. The van der Waals surface area contributed by atoms with Crippen LogP contribution in [-0.2, 0) is 0 Å². The van der Waals surface area contributed by atoms with E-state index in [2.05, 4.69) is 0 Å². The Balaban J connectivity index is 1.89. The summed E-state index contributed by atoms with van der Waals surface area (Å²) in [5.41, 5.74) is 0.172. The number of thiophene rings is 1. The fourth-order valence-electron chi connectivity index (χ4n) is 2.58. The van der Waals surface area contributed by atoms with Crippen molar-refractivity contribution < 1.29 is 9.18 Å². The molecule has 1 aliphatic heterocycles. The highest BCUT2D eigenvalue weighted by Crippen LogP contribution is 2.35. The van der Waals surface area contributed by atoms with Gasteiger partial charge < -0.3 is 4.90 Å². The fourth-order valence-corrected chi connectivity index (χ4v) is 3.45. The van der Waals surface area contributed by atoms with Crippen LogP contribution in [0.3, 0.4) is 0 Å². The zero-order valence-corrected chi connectivity index (χ0v) is 11.2. The second-order valence-corrected chi connectivity index (χ2v) is 5.63. The summed E-state index contributed by atoms with van der Waals surface area (Å²) in [6, 6.07) is 10.3. The molecule has 2 nitrogen and oxygen atoms in total. The van der Waals surface area contributed by atoms with Crippen LogP contribution < -0.4 is 0 Å². The van der Waals surface area contributed by atoms with Crippen molar-refractivity contribution in [2.24, 2.45) is 0 Å². The van der Waals surface area contributed by atoms with Gasteiger partial charge in [-0.3, -0.25) is 4.79 Å². The summed E-state index contributed by atoms with van der Waals surface area (Å²) >= 11 is 1.65. The first-order chi connectivity index (χ1) is 9.27. The Bertz CT molecular complexity index is 582. The molecule has 1 atom stereocenters. The van der Waals surface area contributed by atoms with Gasteiger partial charge in [-0.2, -0.15) is 0 Å². The molecule has 1 aromatic carbocycles. The number of carbonyl (C=O) groups is 1. The number of rotatable bonds is 2. The van der Waals surface area contributed by atoms with E-state index >= 15 is 0 Å². The van der Waals surface area contributed by atoms with Gasteiger partial charge in [0.05, 0.1) is 11.6 Å². The number of benzene rings is 1. The maximum atomic E-state index is 13.7. The lowest BCUT2D eigenvalue weighted by molar-refractivity contribution is 0.0733. The van der Waals surface area contributed by atoms with E-state index in [4.69, 9.17) is 0 Å². The standard InChI is InChI=1S/C15H14FNOS/c16-12-6-2-1-5-11(12)15(18)17-9-3-7-13(17)14-8-4-10-19-14/h1-2,4-6,8,10,13H,3,7,9H2/t13-/m1/s1. The molecule has 2 aromatic rings. The zero-order valence-electron chi connectivity index (χ0n) is 10.4. The Hall–Kier alpha value is -1.68. The third kappa shape index (κ3) is 2.28. The molecule has 98 valence electrons. The van der Waals surface area contributed by atoms with Gasteiger partial charge in [0.2, 0.25) is 0 Å². The molecule has 0 saturated carbocycles. The van der Waals surface area contributed by atoms with Gasteiger partial charge in [-0.1, -0.05) is 18.2 Å². The minimum absolute atomic E-state index is 0.104. The van der Waals surface area contributed by atoms with Crippen molar-refractivity contribution in [3.05, 3.63) is 58.0 Å². The quantitative estimate of drug-likeness (QED) is 0.815. The van der Waals surface area contributed by atoms with Gasteiger partial charge in [-0.15, -0.1) is 11.3 Å². The lowest BCUT2D eigenvalue weighted by Crippen LogP contribution is -2.30. The van der Waals surface area contributed by atoms with E-state index < -0.39 is 5.82 Å². The maximum Gasteiger partial charge on any atom is 0.257 e. The summed E-state index contributed by atoms with van der Waals surface area (Å²) in [4.78, 5) is 15.4. The van der Waals surface area contributed by atoms with Gasteiger partial charge in [-0.25, -0.2) is 4.39 Å². The Morgan fingerprint density at radius 2 is 2.11 bits per heavy atom. The Morgan fingerprint density at radius 1 is 1.26 bits per heavy atom. The third-order valence-electron chi connectivity index (χ3n) is 3.49. The van der Waals surface area contributed by atoms with Crippen LogP contribution in [0.4, 0.5) is 4.39 Å². The molecule has 0 aliphatic carbocycles. The summed E-state index contributed by atoms with van der Waals surface area (Å²) in [6.07, 6.45) is 1.93. The lowest BCUT2D eigenvalue weighted by atomic mass is 10.1. The van der Waals surface area contributed by atoms with Crippen molar-refractivity contribution in [1.82, 2.24) is 4.90 Å². The SMILES string of the molecule is O=C(c1ccccc1F)N1CCC[C@@H]1c1cccs1. The molecule has 0 unspecified atom stereocenters. The number of likely N-dealkylation sites (tertiary alicyclic amines) is 1. The van der Waals surface area contributed by atoms with Crippen LogP contribution in [-0.4, -0.2) is 17.4 Å². The van der Waals surface area contributed by atoms with E-state index in [1.807, 2.05) is 17.5 Å². The minimum Gasteiger partial charge on any atom is -0.331 e. The Morgan fingerprint density at radius 3 is 2.84 bits per heavy atom. The molecule has 1 amide bonds. The first-order valence-electron chi connectivity index (χ1n) is 6.36. The predicted octanol–water partition coefficient (Wildman–Crippen LogP) is 3.86. The van der Waals surface area contributed by atoms with Crippen LogP contribution in [0.15, 0.2) is 41.8 Å². The van der Waals surface area contributed by atoms with Crippen molar-refractivity contribution >= 4 is 17.2 Å². The third-order valence-corrected chi connectivity index (χ3v) is 4.46. The Kier molecular flexibility index (Phi) is 3.34. The summed E-state index contributed by atoms with van der Waals surface area (Å²) in [5.74, 6) is -0.640. The van der Waals surface area contributed by atoms with Crippen molar-refractivity contribution in [3.8, 4) is 0 Å². The molecular formula is C15H14FNOS. The molecule has 3 rings (SSSR count). The molecule has 4 heteroatoms. The smallest absolute Gasteiger partial charge is 0.257 e. The molecule has 0 N–H and O–H groups in total. The molecule has 1 saturated heterocycles. The van der Waals surface area contributed by atoms with Crippen LogP contribution >= 0.6 is 11.3 Å². The second-order valence-electron chi connectivity index (χ2n) is 4.65. The van der Waals surface area contributed by atoms with E-state index in [-0.39, 0.29) is 17.5 Å². The van der Waals surface area contributed by atoms with Crippen LogP contribution in [0, 0.1) is 5.82 Å². The van der Waals surface area contributed by atoms with Gasteiger partial charge in [0, 0.05) is 11.4 Å². The Labute approximate surface area is 115 Å². The average molecular weight is 275 g/mol. The predicted molar refractivity (Wildman–Crippen MR) is 73.7 cm³/mol. The molecular weight excluding hydrogens is 261 g/mol. The van der Waals surface area contributed by atoms with E-state index in [0.29, 0.717) is 6.54 Å². The average Bonchev–Trinajstić information content (AvgIpc) is 3.09. The largest absolute Gasteiger partial charge is 0.331 e. The number of nitrogens with zero attached hydrogens (tertiary/aromatic N) is 1. The number of carbonyl (C=O) groups excluding carboxylic acids is 1. The van der Waals surface area contributed by atoms with E-state index in [9.17, 15) is 9.18 Å². The van der Waals surface area contributed by atoms with Gasteiger partial charge in [0.15, 0.2) is 0 Å². The zero-order chi connectivity index (χ0) is 13.2. The van der Waals surface area contributed by atoms with E-state index in [1.54, 1.807) is 34.4 Å². The van der Waals surface area contributed by atoms with Crippen molar-refractivity contribution in [2.45, 2.75) is 18.9 Å². The molecule has 0 radical (unpaired) electrons. The number of amides is 1. The van der Waals surface area contributed by atoms with Gasteiger partial charge in [0.1, 0.15) is 5.82 Å². The molecule has 2 heterocycles. The molecule has 1 aromatic heterocycles. The molecule has 0 spiro atoms. The van der Waals surface area contributed by atoms with Crippen LogP contribution in [0.25, 0.3) is 0 Å². The van der Waals surface area contributed by atoms with Gasteiger partial charge in [0.25, 0.3) is 5.91 Å². The summed E-state index contributed by atoms with van der Waals surface area (Å²) in [7, 11) is 0. The van der Waals surface area contributed by atoms with Crippen LogP contribution in [0.5, 0.6) is 0 Å².